The number of hydrogen-bond donors (Lipinski definition) is 2. The molecule has 0 fully saturated rings. The molecule has 3 rings (SSSR count). The van der Waals surface area contributed by atoms with E-state index in [-0.39, 0.29) is 5.69 Å². The molecule has 2 N–H and O–H groups in total. The summed E-state index contributed by atoms with van der Waals surface area (Å²) in [5.41, 5.74) is 0.635. The molecule has 21 heavy (non-hydrogen) atoms. The Kier molecular flexibility index (Phi) is 3.39. The highest BCUT2D eigenvalue weighted by atomic mass is 16.4. The Hall–Kier alpha value is -3.08. The largest absolute Gasteiger partial charge is 0.421 e. The van der Waals surface area contributed by atoms with Gasteiger partial charge in [0.2, 0.25) is 0 Å². The van der Waals surface area contributed by atoms with Gasteiger partial charge in [-0.05, 0) is 24.3 Å². The highest BCUT2D eigenvalue weighted by Crippen LogP contribution is 2.15. The van der Waals surface area contributed by atoms with Crippen LogP contribution in [0.4, 0.5) is 16.2 Å². The van der Waals surface area contributed by atoms with Gasteiger partial charge in [-0.1, -0.05) is 36.4 Å². The molecule has 5 heteroatoms. The number of amides is 2. The molecule has 0 aliphatic carbocycles. The number of benzene rings is 2. The van der Waals surface area contributed by atoms with Gasteiger partial charge < -0.3 is 15.1 Å². The molecule has 0 unspecified atom stereocenters. The zero-order valence-corrected chi connectivity index (χ0v) is 11.0. The van der Waals surface area contributed by atoms with Crippen molar-refractivity contribution in [1.29, 1.82) is 0 Å². The van der Waals surface area contributed by atoms with E-state index < -0.39 is 11.7 Å². The fraction of sp³-hybridized carbons (Fsp3) is 0. The van der Waals surface area contributed by atoms with E-state index in [9.17, 15) is 9.59 Å². The van der Waals surface area contributed by atoms with Crippen LogP contribution >= 0.6 is 0 Å². The standard InChI is InChI=1S/C16H12N2O3/c19-15-13(10-11-6-4-5-9-14(11)21-15)18-16(20)17-12-7-2-1-3-8-12/h1-10H,(H2,17,18,20). The quantitative estimate of drug-likeness (QED) is 0.706. The second-order valence-electron chi connectivity index (χ2n) is 4.43. The Bertz CT molecular complexity index is 841. The number of anilines is 2. The number of rotatable bonds is 2. The van der Waals surface area contributed by atoms with Crippen LogP contribution in [0.3, 0.4) is 0 Å². The Labute approximate surface area is 120 Å². The molecule has 0 spiro atoms. The second kappa shape index (κ2) is 5.50. The Morgan fingerprint density at radius 3 is 2.43 bits per heavy atom. The topological polar surface area (TPSA) is 71.3 Å². The van der Waals surface area contributed by atoms with Crippen LogP contribution in [-0.2, 0) is 0 Å². The van der Waals surface area contributed by atoms with E-state index >= 15 is 0 Å². The fourth-order valence-corrected chi connectivity index (χ4v) is 1.96. The van der Waals surface area contributed by atoms with Crippen molar-refractivity contribution in [2.24, 2.45) is 0 Å². The molecule has 2 aromatic carbocycles. The summed E-state index contributed by atoms with van der Waals surface area (Å²) >= 11 is 0. The van der Waals surface area contributed by atoms with Gasteiger partial charge in [-0.25, -0.2) is 9.59 Å². The number of hydrogen-bond acceptors (Lipinski definition) is 3. The van der Waals surface area contributed by atoms with Crippen molar-refractivity contribution in [1.82, 2.24) is 0 Å². The van der Waals surface area contributed by atoms with Crippen molar-refractivity contribution >= 4 is 28.4 Å². The molecule has 0 saturated carbocycles. The first-order valence-corrected chi connectivity index (χ1v) is 6.38. The summed E-state index contributed by atoms with van der Waals surface area (Å²) in [6.07, 6.45) is 0. The summed E-state index contributed by atoms with van der Waals surface area (Å²) in [5.74, 6) is 0. The minimum absolute atomic E-state index is 0.0992. The van der Waals surface area contributed by atoms with E-state index in [1.807, 2.05) is 12.1 Å². The molecule has 2 amide bonds. The molecular formula is C16H12N2O3. The van der Waals surface area contributed by atoms with Gasteiger partial charge in [0.05, 0.1) is 0 Å². The normalized spacial score (nSPS) is 10.3. The molecule has 104 valence electrons. The number of para-hydroxylation sites is 2. The number of urea groups is 1. The van der Waals surface area contributed by atoms with E-state index in [4.69, 9.17) is 4.42 Å². The third kappa shape index (κ3) is 2.92. The van der Waals surface area contributed by atoms with E-state index in [1.54, 1.807) is 48.5 Å². The average Bonchev–Trinajstić information content (AvgIpc) is 2.49. The number of fused-ring (bicyclic) bond motifs is 1. The lowest BCUT2D eigenvalue weighted by Gasteiger charge is -2.07. The van der Waals surface area contributed by atoms with Crippen LogP contribution in [0.1, 0.15) is 0 Å². The second-order valence-corrected chi connectivity index (χ2v) is 4.43. The van der Waals surface area contributed by atoms with Crippen molar-refractivity contribution in [3.8, 4) is 0 Å². The van der Waals surface area contributed by atoms with Crippen LogP contribution in [0, 0.1) is 0 Å². The molecule has 1 aromatic heterocycles. The van der Waals surface area contributed by atoms with Gasteiger partial charge in [0, 0.05) is 11.1 Å². The lowest BCUT2D eigenvalue weighted by Crippen LogP contribution is -2.23. The monoisotopic (exact) mass is 280 g/mol. The molecule has 0 saturated heterocycles. The van der Waals surface area contributed by atoms with Crippen molar-refractivity contribution in [2.75, 3.05) is 10.6 Å². The van der Waals surface area contributed by atoms with E-state index in [0.717, 1.165) is 5.39 Å². The van der Waals surface area contributed by atoms with E-state index in [2.05, 4.69) is 10.6 Å². The summed E-state index contributed by atoms with van der Waals surface area (Å²) in [7, 11) is 0. The van der Waals surface area contributed by atoms with Gasteiger partial charge in [0.15, 0.2) is 0 Å². The van der Waals surface area contributed by atoms with Gasteiger partial charge in [-0.3, -0.25) is 0 Å². The van der Waals surface area contributed by atoms with Gasteiger partial charge in [-0.15, -0.1) is 0 Å². The number of nitrogens with one attached hydrogen (secondary N) is 2. The predicted octanol–water partition coefficient (Wildman–Crippen LogP) is 3.44. The van der Waals surface area contributed by atoms with Crippen LogP contribution < -0.4 is 16.3 Å². The van der Waals surface area contributed by atoms with Crippen LogP contribution in [0.2, 0.25) is 0 Å². The van der Waals surface area contributed by atoms with Crippen molar-refractivity contribution in [3.05, 3.63) is 71.1 Å². The minimum atomic E-state index is -0.586. The van der Waals surface area contributed by atoms with Crippen molar-refractivity contribution in [3.63, 3.8) is 0 Å². The average molecular weight is 280 g/mol. The summed E-state index contributed by atoms with van der Waals surface area (Å²) in [6.45, 7) is 0. The first-order valence-electron chi connectivity index (χ1n) is 6.38. The number of carbonyl (C=O) groups excluding carboxylic acids is 1. The molecular weight excluding hydrogens is 268 g/mol. The van der Waals surface area contributed by atoms with Gasteiger partial charge >= 0.3 is 11.7 Å². The minimum Gasteiger partial charge on any atom is -0.421 e. The summed E-state index contributed by atoms with van der Waals surface area (Å²) < 4.78 is 5.15. The molecule has 1 heterocycles. The first-order chi connectivity index (χ1) is 10.2. The molecule has 0 aliphatic heterocycles. The van der Waals surface area contributed by atoms with Gasteiger partial charge in [0.1, 0.15) is 11.3 Å². The SMILES string of the molecule is O=C(Nc1ccccc1)Nc1cc2ccccc2oc1=O. The summed E-state index contributed by atoms with van der Waals surface area (Å²) in [5, 5.41) is 5.87. The fourth-order valence-electron chi connectivity index (χ4n) is 1.96. The van der Waals surface area contributed by atoms with Crippen molar-refractivity contribution < 1.29 is 9.21 Å². The third-order valence-electron chi connectivity index (χ3n) is 2.92. The smallest absolute Gasteiger partial charge is 0.360 e. The molecule has 0 aliphatic rings. The van der Waals surface area contributed by atoms with Crippen LogP contribution in [-0.4, -0.2) is 6.03 Å². The zero-order chi connectivity index (χ0) is 14.7. The highest BCUT2D eigenvalue weighted by Gasteiger charge is 2.08. The van der Waals surface area contributed by atoms with Crippen molar-refractivity contribution in [2.45, 2.75) is 0 Å². The lowest BCUT2D eigenvalue weighted by molar-refractivity contribution is 0.262. The van der Waals surface area contributed by atoms with E-state index in [1.165, 1.54) is 0 Å². The Morgan fingerprint density at radius 2 is 1.62 bits per heavy atom. The highest BCUT2D eigenvalue weighted by molar-refractivity contribution is 6.00. The van der Waals surface area contributed by atoms with Crippen LogP contribution in [0.25, 0.3) is 11.0 Å². The summed E-state index contributed by atoms with van der Waals surface area (Å²) in [6, 6.07) is 17.2. The maximum atomic E-state index is 11.9. The first kappa shape index (κ1) is 12.9. The molecule has 3 aromatic rings. The predicted molar refractivity (Wildman–Crippen MR) is 81.6 cm³/mol. The van der Waals surface area contributed by atoms with Crippen LogP contribution in [0.5, 0.6) is 0 Å². The molecule has 0 radical (unpaired) electrons. The molecule has 0 atom stereocenters. The maximum absolute atomic E-state index is 11.9. The van der Waals surface area contributed by atoms with Gasteiger partial charge in [-0.2, -0.15) is 0 Å². The lowest BCUT2D eigenvalue weighted by atomic mass is 10.2. The third-order valence-corrected chi connectivity index (χ3v) is 2.92. The molecule has 5 nitrogen and oxygen atoms in total. The maximum Gasteiger partial charge on any atom is 0.360 e. The Balaban J connectivity index is 1.83. The summed E-state index contributed by atoms with van der Waals surface area (Å²) in [4.78, 5) is 23.7. The molecule has 0 bridgehead atoms. The van der Waals surface area contributed by atoms with Crippen LogP contribution in [0.15, 0.2) is 69.9 Å². The zero-order valence-electron chi connectivity index (χ0n) is 11.0. The Morgan fingerprint density at radius 1 is 0.905 bits per heavy atom. The number of carbonyl (C=O) groups is 1. The van der Waals surface area contributed by atoms with E-state index in [0.29, 0.717) is 11.3 Å². The van der Waals surface area contributed by atoms with Gasteiger partial charge in [0.25, 0.3) is 0 Å².